The van der Waals surface area contributed by atoms with Gasteiger partial charge in [0.15, 0.2) is 11.5 Å². The highest BCUT2D eigenvalue weighted by Crippen LogP contribution is 2.65. The number of esters is 1. The summed E-state index contributed by atoms with van der Waals surface area (Å²) in [6.45, 7) is 8.10. The largest absolute Gasteiger partial charge is 0.504 e. The van der Waals surface area contributed by atoms with E-state index in [1.165, 1.54) is 12.5 Å². The third-order valence-corrected chi connectivity index (χ3v) is 10.5. The molecule has 1 spiro atoms. The number of piperidine rings is 1. The van der Waals surface area contributed by atoms with Gasteiger partial charge in [0, 0.05) is 60.3 Å². The standard InChI is InChI=1S/C37H42N2O6/c1-23(2)21-39(33(42)12-9-26-14-18-43-22-26)29-11-10-28-30-19-27-32(44-24(3)40)20-31(41)35-34(27)37(28,36(29)45-35)15-17-38(30)16-13-25-7-5-4-6-8-25/h4-9,12,14,18,20,22-23,28-30,36,41H,10-11,13,15-17,19,21H2,1-3H3/t28-,29+,30+,36+,37-/m0/s1. The number of benzene rings is 2. The fourth-order valence-corrected chi connectivity index (χ4v) is 8.82. The lowest BCUT2D eigenvalue weighted by Gasteiger charge is -2.60. The number of aromatic hydroxyl groups is 1. The Balaban J connectivity index is 1.28. The number of hydrogen-bond acceptors (Lipinski definition) is 7. The third kappa shape index (κ3) is 5.13. The Kier molecular flexibility index (Phi) is 7.72. The molecule has 1 saturated heterocycles. The molecule has 1 saturated carbocycles. The summed E-state index contributed by atoms with van der Waals surface area (Å²) in [5, 5.41) is 11.3. The number of ether oxygens (including phenoxy) is 2. The Labute approximate surface area is 264 Å². The van der Waals surface area contributed by atoms with Crippen molar-refractivity contribution in [2.75, 3.05) is 19.6 Å². The summed E-state index contributed by atoms with van der Waals surface area (Å²) in [6, 6.07) is 14.0. The third-order valence-electron chi connectivity index (χ3n) is 10.5. The molecule has 45 heavy (non-hydrogen) atoms. The molecule has 8 nitrogen and oxygen atoms in total. The molecule has 1 aromatic heterocycles. The number of nitrogens with zero attached hydrogens (tertiary/aromatic N) is 2. The van der Waals surface area contributed by atoms with Gasteiger partial charge in [0.25, 0.3) is 0 Å². The van der Waals surface area contributed by atoms with E-state index in [1.54, 1.807) is 30.7 Å². The lowest BCUT2D eigenvalue weighted by Crippen LogP contribution is -2.69. The number of rotatable bonds is 9. The summed E-state index contributed by atoms with van der Waals surface area (Å²) in [6.07, 6.45) is 10.6. The fraction of sp³-hybridized carbons (Fsp3) is 0.459. The van der Waals surface area contributed by atoms with Gasteiger partial charge < -0.3 is 23.9 Å². The molecule has 236 valence electrons. The Morgan fingerprint density at radius 3 is 2.76 bits per heavy atom. The van der Waals surface area contributed by atoms with Crippen LogP contribution >= 0.6 is 0 Å². The zero-order chi connectivity index (χ0) is 31.3. The SMILES string of the molecule is CC(=O)Oc1cc(O)c2c3c1C[C@@H]1[C@@H]4CC[C@@H](N(CC(C)C)C(=O)C=Cc5ccoc5)[C@@H](O2)[C@]34CCN1CCc1ccccc1. The van der Waals surface area contributed by atoms with Crippen LogP contribution in [0.1, 0.15) is 62.3 Å². The van der Waals surface area contributed by atoms with Crippen molar-refractivity contribution < 1.29 is 28.6 Å². The van der Waals surface area contributed by atoms with Crippen LogP contribution in [-0.4, -0.2) is 64.6 Å². The maximum Gasteiger partial charge on any atom is 0.308 e. The van der Waals surface area contributed by atoms with Crippen molar-refractivity contribution >= 4 is 18.0 Å². The number of furan rings is 1. The van der Waals surface area contributed by atoms with Crippen LogP contribution in [0.3, 0.4) is 0 Å². The molecular weight excluding hydrogens is 568 g/mol. The summed E-state index contributed by atoms with van der Waals surface area (Å²) < 4.78 is 17.8. The first kappa shape index (κ1) is 29.7. The molecule has 0 radical (unpaired) electrons. The second-order valence-electron chi connectivity index (χ2n) is 13.6. The summed E-state index contributed by atoms with van der Waals surface area (Å²) >= 11 is 0. The van der Waals surface area contributed by atoms with Crippen LogP contribution in [0.25, 0.3) is 6.08 Å². The van der Waals surface area contributed by atoms with Gasteiger partial charge in [0.2, 0.25) is 5.91 Å². The Bertz CT molecular complexity index is 1600. The van der Waals surface area contributed by atoms with Crippen LogP contribution < -0.4 is 9.47 Å². The average Bonchev–Trinajstić information content (AvgIpc) is 3.66. The minimum absolute atomic E-state index is 0.00202. The van der Waals surface area contributed by atoms with Crippen LogP contribution in [0.15, 0.2) is 65.5 Å². The molecule has 5 atom stereocenters. The van der Waals surface area contributed by atoms with Gasteiger partial charge in [-0.2, -0.15) is 0 Å². The van der Waals surface area contributed by atoms with Gasteiger partial charge >= 0.3 is 5.97 Å². The molecule has 3 heterocycles. The van der Waals surface area contributed by atoms with Crippen molar-refractivity contribution in [1.29, 1.82) is 0 Å². The monoisotopic (exact) mass is 610 g/mol. The molecule has 1 N–H and O–H groups in total. The molecule has 2 aliphatic carbocycles. The van der Waals surface area contributed by atoms with E-state index in [-0.39, 0.29) is 35.8 Å². The Morgan fingerprint density at radius 2 is 2.02 bits per heavy atom. The van der Waals surface area contributed by atoms with Gasteiger partial charge in [0.05, 0.1) is 18.6 Å². The number of likely N-dealkylation sites (tertiary alicyclic amines) is 1. The highest BCUT2D eigenvalue weighted by Gasteiger charge is 2.67. The molecule has 4 aliphatic rings. The van der Waals surface area contributed by atoms with Gasteiger partial charge in [-0.15, -0.1) is 0 Å². The number of amides is 1. The number of hydrogen-bond donors (Lipinski definition) is 1. The first-order valence-electron chi connectivity index (χ1n) is 16.3. The van der Waals surface area contributed by atoms with Gasteiger partial charge in [-0.25, -0.2) is 0 Å². The van der Waals surface area contributed by atoms with Crippen LogP contribution in [0.2, 0.25) is 0 Å². The second kappa shape index (κ2) is 11.7. The van der Waals surface area contributed by atoms with E-state index >= 15 is 0 Å². The van der Waals surface area contributed by atoms with E-state index in [2.05, 4.69) is 49.1 Å². The van der Waals surface area contributed by atoms with Crippen LogP contribution in [0.5, 0.6) is 17.2 Å². The minimum Gasteiger partial charge on any atom is -0.504 e. The summed E-state index contributed by atoms with van der Waals surface area (Å²) in [5.74, 6) is 1.02. The first-order valence-corrected chi connectivity index (χ1v) is 16.3. The minimum atomic E-state index is -0.411. The second-order valence-corrected chi connectivity index (χ2v) is 13.6. The van der Waals surface area contributed by atoms with E-state index in [0.29, 0.717) is 24.0 Å². The van der Waals surface area contributed by atoms with E-state index in [9.17, 15) is 14.7 Å². The van der Waals surface area contributed by atoms with Gasteiger partial charge in [-0.3, -0.25) is 14.5 Å². The lowest BCUT2D eigenvalue weighted by atomic mass is 9.50. The molecular formula is C37H42N2O6. The molecule has 7 rings (SSSR count). The van der Waals surface area contributed by atoms with Crippen LogP contribution in [0, 0.1) is 11.8 Å². The molecule has 0 unspecified atom stereocenters. The maximum absolute atomic E-state index is 13.9. The summed E-state index contributed by atoms with van der Waals surface area (Å²) in [7, 11) is 0. The summed E-state index contributed by atoms with van der Waals surface area (Å²) in [5.41, 5.74) is 3.73. The van der Waals surface area contributed by atoms with Gasteiger partial charge in [0.1, 0.15) is 11.9 Å². The van der Waals surface area contributed by atoms with Crippen LogP contribution in [-0.2, 0) is 27.8 Å². The zero-order valence-corrected chi connectivity index (χ0v) is 26.3. The molecule has 2 fully saturated rings. The normalized spacial score (nSPS) is 26.5. The van der Waals surface area contributed by atoms with E-state index in [4.69, 9.17) is 13.9 Å². The molecule has 3 aromatic rings. The lowest BCUT2D eigenvalue weighted by molar-refractivity contribution is -0.138. The maximum atomic E-state index is 13.9. The summed E-state index contributed by atoms with van der Waals surface area (Å²) in [4.78, 5) is 30.8. The van der Waals surface area contributed by atoms with Crippen molar-refractivity contribution in [2.24, 2.45) is 11.8 Å². The number of phenols is 1. The smallest absolute Gasteiger partial charge is 0.308 e. The molecule has 8 heteroatoms. The highest BCUT2D eigenvalue weighted by atomic mass is 16.5. The van der Waals surface area contributed by atoms with Crippen molar-refractivity contribution in [1.82, 2.24) is 9.80 Å². The molecule has 2 aromatic carbocycles. The van der Waals surface area contributed by atoms with Crippen molar-refractivity contribution in [2.45, 2.75) is 76.5 Å². The quantitative estimate of drug-likeness (QED) is 0.187. The van der Waals surface area contributed by atoms with Crippen molar-refractivity contribution in [3.63, 3.8) is 0 Å². The van der Waals surface area contributed by atoms with Crippen molar-refractivity contribution in [3.05, 3.63) is 83.3 Å². The number of carbonyl (C=O) groups excluding carboxylic acids is 2. The first-order chi connectivity index (χ1) is 21.8. The topological polar surface area (TPSA) is 92.5 Å². The number of carbonyl (C=O) groups is 2. The predicted molar refractivity (Wildman–Crippen MR) is 170 cm³/mol. The molecule has 2 bridgehead atoms. The zero-order valence-electron chi connectivity index (χ0n) is 26.3. The highest BCUT2D eigenvalue weighted by molar-refractivity contribution is 5.92. The van der Waals surface area contributed by atoms with E-state index < -0.39 is 11.4 Å². The number of phenolic OH excluding ortho intramolecular Hbond substituents is 1. The Hall–Kier alpha value is -4.04. The fourth-order valence-electron chi connectivity index (χ4n) is 8.82. The Morgan fingerprint density at radius 1 is 1.20 bits per heavy atom. The van der Waals surface area contributed by atoms with Crippen LogP contribution in [0.4, 0.5) is 0 Å². The van der Waals surface area contributed by atoms with Gasteiger partial charge in [-0.1, -0.05) is 44.2 Å². The average molecular weight is 611 g/mol. The van der Waals surface area contributed by atoms with Crippen molar-refractivity contribution in [3.8, 4) is 17.2 Å². The predicted octanol–water partition coefficient (Wildman–Crippen LogP) is 5.76. The van der Waals surface area contributed by atoms with E-state index in [1.807, 2.05) is 11.0 Å². The molecule has 1 amide bonds. The molecule has 2 aliphatic heterocycles. The van der Waals surface area contributed by atoms with E-state index in [0.717, 1.165) is 61.9 Å². The van der Waals surface area contributed by atoms with Gasteiger partial charge in [-0.05, 0) is 68.2 Å².